The highest BCUT2D eigenvalue weighted by Gasteiger charge is 2.17. The summed E-state index contributed by atoms with van der Waals surface area (Å²) in [6.07, 6.45) is 0. The van der Waals surface area contributed by atoms with E-state index in [1.54, 1.807) is 24.9 Å². The van der Waals surface area contributed by atoms with Gasteiger partial charge in [0.25, 0.3) is 0 Å². The summed E-state index contributed by atoms with van der Waals surface area (Å²) in [6, 6.07) is 3.77. The standard InChI is InChI=1S/C11H13BrFNO2/c1-7(11(15)16)14(2)6-8-5-9(13)3-4-10(8)12/h3-5,7H,6H2,1-2H3,(H,15,16). The summed E-state index contributed by atoms with van der Waals surface area (Å²) in [5, 5.41) is 8.83. The predicted molar refractivity (Wildman–Crippen MR) is 62.7 cm³/mol. The van der Waals surface area contributed by atoms with Crippen LogP contribution in [0.1, 0.15) is 12.5 Å². The Morgan fingerprint density at radius 3 is 2.81 bits per heavy atom. The van der Waals surface area contributed by atoms with Crippen LogP contribution in [-0.4, -0.2) is 29.1 Å². The molecule has 0 saturated carbocycles. The first kappa shape index (κ1) is 13.1. The molecule has 0 spiro atoms. The predicted octanol–water partition coefficient (Wildman–Crippen LogP) is 2.49. The van der Waals surface area contributed by atoms with E-state index in [1.165, 1.54) is 12.1 Å². The van der Waals surface area contributed by atoms with Crippen LogP contribution in [0.3, 0.4) is 0 Å². The Bertz CT molecular complexity index is 398. The van der Waals surface area contributed by atoms with Gasteiger partial charge in [-0.05, 0) is 37.7 Å². The summed E-state index contributed by atoms with van der Waals surface area (Å²) < 4.78 is 13.8. The number of likely N-dealkylation sites (N-methyl/N-ethyl adjacent to an activating group) is 1. The Morgan fingerprint density at radius 2 is 2.25 bits per heavy atom. The van der Waals surface area contributed by atoms with Crippen molar-refractivity contribution in [3.05, 3.63) is 34.1 Å². The quantitative estimate of drug-likeness (QED) is 0.926. The van der Waals surface area contributed by atoms with E-state index in [-0.39, 0.29) is 5.82 Å². The van der Waals surface area contributed by atoms with Gasteiger partial charge in [-0.3, -0.25) is 9.69 Å². The van der Waals surface area contributed by atoms with E-state index in [0.29, 0.717) is 6.54 Å². The maximum Gasteiger partial charge on any atom is 0.320 e. The molecular formula is C11H13BrFNO2. The zero-order valence-electron chi connectivity index (χ0n) is 9.08. The molecule has 0 fully saturated rings. The third kappa shape index (κ3) is 3.28. The zero-order chi connectivity index (χ0) is 12.3. The van der Waals surface area contributed by atoms with Crippen LogP contribution in [0.15, 0.2) is 22.7 Å². The number of hydrogen-bond donors (Lipinski definition) is 1. The average Bonchev–Trinajstić information content (AvgIpc) is 2.22. The van der Waals surface area contributed by atoms with Crippen molar-refractivity contribution in [2.75, 3.05) is 7.05 Å². The van der Waals surface area contributed by atoms with E-state index in [1.807, 2.05) is 0 Å². The highest BCUT2D eigenvalue weighted by atomic mass is 79.9. The zero-order valence-corrected chi connectivity index (χ0v) is 10.7. The third-order valence-corrected chi connectivity index (χ3v) is 3.22. The molecule has 0 aliphatic heterocycles. The lowest BCUT2D eigenvalue weighted by Gasteiger charge is -2.21. The van der Waals surface area contributed by atoms with Crippen molar-refractivity contribution in [2.45, 2.75) is 19.5 Å². The Labute approximate surface area is 102 Å². The van der Waals surface area contributed by atoms with Crippen molar-refractivity contribution in [3.63, 3.8) is 0 Å². The monoisotopic (exact) mass is 289 g/mol. The second-order valence-corrected chi connectivity index (χ2v) is 4.52. The Kier molecular flexibility index (Phi) is 4.44. The van der Waals surface area contributed by atoms with Gasteiger partial charge in [0, 0.05) is 11.0 Å². The fourth-order valence-electron chi connectivity index (χ4n) is 1.26. The largest absolute Gasteiger partial charge is 0.480 e. The van der Waals surface area contributed by atoms with Crippen LogP contribution in [-0.2, 0) is 11.3 Å². The molecule has 16 heavy (non-hydrogen) atoms. The second-order valence-electron chi connectivity index (χ2n) is 3.67. The Morgan fingerprint density at radius 1 is 1.62 bits per heavy atom. The molecule has 0 radical (unpaired) electrons. The molecule has 1 atom stereocenters. The topological polar surface area (TPSA) is 40.5 Å². The van der Waals surface area contributed by atoms with Gasteiger partial charge in [0.2, 0.25) is 0 Å². The summed E-state index contributed by atoms with van der Waals surface area (Å²) in [5.41, 5.74) is 0.732. The van der Waals surface area contributed by atoms with Gasteiger partial charge in [-0.2, -0.15) is 0 Å². The van der Waals surface area contributed by atoms with Crippen molar-refractivity contribution < 1.29 is 14.3 Å². The van der Waals surface area contributed by atoms with Crippen LogP contribution in [0.2, 0.25) is 0 Å². The van der Waals surface area contributed by atoms with E-state index in [2.05, 4.69) is 15.9 Å². The number of carboxylic acids is 1. The van der Waals surface area contributed by atoms with Crippen molar-refractivity contribution in [1.29, 1.82) is 0 Å². The molecule has 5 heteroatoms. The van der Waals surface area contributed by atoms with Gasteiger partial charge in [0.15, 0.2) is 0 Å². The van der Waals surface area contributed by atoms with Crippen molar-refractivity contribution in [2.24, 2.45) is 0 Å². The van der Waals surface area contributed by atoms with E-state index in [9.17, 15) is 9.18 Å². The number of halogens is 2. The van der Waals surface area contributed by atoms with Gasteiger partial charge in [-0.25, -0.2) is 4.39 Å². The number of nitrogens with zero attached hydrogens (tertiary/aromatic N) is 1. The summed E-state index contributed by atoms with van der Waals surface area (Å²) in [5.74, 6) is -1.22. The maximum absolute atomic E-state index is 13.0. The number of rotatable bonds is 4. The summed E-state index contributed by atoms with van der Waals surface area (Å²) in [4.78, 5) is 12.4. The first-order valence-corrected chi connectivity index (χ1v) is 5.58. The molecule has 0 saturated heterocycles. The number of carboxylic acid groups (broad SMARTS) is 1. The molecule has 0 aliphatic carbocycles. The molecule has 1 aromatic rings. The van der Waals surface area contributed by atoms with Gasteiger partial charge in [0.1, 0.15) is 11.9 Å². The van der Waals surface area contributed by atoms with Crippen LogP contribution < -0.4 is 0 Å². The van der Waals surface area contributed by atoms with E-state index >= 15 is 0 Å². The second kappa shape index (κ2) is 5.41. The van der Waals surface area contributed by atoms with Gasteiger partial charge in [0.05, 0.1) is 0 Å². The SMILES string of the molecule is CC(C(=O)O)N(C)Cc1cc(F)ccc1Br. The molecule has 0 bridgehead atoms. The lowest BCUT2D eigenvalue weighted by Crippen LogP contribution is -2.35. The Balaban J connectivity index is 2.80. The lowest BCUT2D eigenvalue weighted by atomic mass is 10.2. The van der Waals surface area contributed by atoms with E-state index < -0.39 is 12.0 Å². The third-order valence-electron chi connectivity index (χ3n) is 2.45. The minimum atomic E-state index is -0.893. The number of hydrogen-bond acceptors (Lipinski definition) is 2. The number of aliphatic carboxylic acids is 1. The fourth-order valence-corrected chi connectivity index (χ4v) is 1.63. The molecule has 1 aromatic carbocycles. The van der Waals surface area contributed by atoms with Gasteiger partial charge < -0.3 is 5.11 Å². The molecule has 1 N–H and O–H groups in total. The van der Waals surface area contributed by atoms with Crippen LogP contribution in [0.5, 0.6) is 0 Å². The van der Waals surface area contributed by atoms with Gasteiger partial charge >= 0.3 is 5.97 Å². The first-order valence-electron chi connectivity index (χ1n) is 4.78. The minimum Gasteiger partial charge on any atom is -0.480 e. The highest BCUT2D eigenvalue weighted by molar-refractivity contribution is 9.10. The van der Waals surface area contributed by atoms with Crippen LogP contribution in [0.25, 0.3) is 0 Å². The van der Waals surface area contributed by atoms with Crippen LogP contribution >= 0.6 is 15.9 Å². The summed E-state index contributed by atoms with van der Waals surface area (Å²) in [6.45, 7) is 1.97. The lowest BCUT2D eigenvalue weighted by molar-refractivity contribution is -0.142. The average molecular weight is 290 g/mol. The van der Waals surface area contributed by atoms with Crippen molar-refractivity contribution >= 4 is 21.9 Å². The fraction of sp³-hybridized carbons (Fsp3) is 0.364. The molecule has 0 heterocycles. The summed E-state index contributed by atoms with van der Waals surface area (Å²) in [7, 11) is 1.69. The maximum atomic E-state index is 13.0. The van der Waals surface area contributed by atoms with E-state index in [4.69, 9.17) is 5.11 Å². The first-order chi connectivity index (χ1) is 7.41. The smallest absolute Gasteiger partial charge is 0.320 e. The highest BCUT2D eigenvalue weighted by Crippen LogP contribution is 2.19. The molecule has 1 unspecified atom stereocenters. The number of carbonyl (C=O) groups is 1. The minimum absolute atomic E-state index is 0.324. The van der Waals surface area contributed by atoms with Gasteiger partial charge in [-0.15, -0.1) is 0 Å². The molecule has 0 amide bonds. The Hall–Kier alpha value is -0.940. The summed E-state index contributed by atoms with van der Waals surface area (Å²) >= 11 is 3.30. The van der Waals surface area contributed by atoms with Crippen molar-refractivity contribution in [3.8, 4) is 0 Å². The van der Waals surface area contributed by atoms with Crippen LogP contribution in [0, 0.1) is 5.82 Å². The molecule has 0 aromatic heterocycles. The van der Waals surface area contributed by atoms with Gasteiger partial charge in [-0.1, -0.05) is 15.9 Å². The molecule has 0 aliphatic rings. The van der Waals surface area contributed by atoms with E-state index in [0.717, 1.165) is 10.0 Å². The normalized spacial score (nSPS) is 12.8. The molecular weight excluding hydrogens is 277 g/mol. The van der Waals surface area contributed by atoms with Crippen molar-refractivity contribution in [1.82, 2.24) is 4.90 Å². The number of benzene rings is 1. The molecule has 3 nitrogen and oxygen atoms in total. The molecule has 88 valence electrons. The van der Waals surface area contributed by atoms with Crippen LogP contribution in [0.4, 0.5) is 4.39 Å². The molecule has 1 rings (SSSR count).